The minimum absolute atomic E-state index is 0.0219. The zero-order valence-corrected chi connectivity index (χ0v) is 11.3. The van der Waals surface area contributed by atoms with Gasteiger partial charge in [0.05, 0.1) is 24.7 Å². The molecule has 0 atom stereocenters. The number of nitrogens with one attached hydrogen (secondary N) is 1. The van der Waals surface area contributed by atoms with E-state index in [1.54, 1.807) is 13.0 Å². The van der Waals surface area contributed by atoms with Crippen molar-refractivity contribution in [2.24, 2.45) is 0 Å². The second-order valence-corrected chi connectivity index (χ2v) is 4.69. The van der Waals surface area contributed by atoms with Gasteiger partial charge in [0.15, 0.2) is 0 Å². The quantitative estimate of drug-likeness (QED) is 0.660. The van der Waals surface area contributed by atoms with Gasteiger partial charge in [0.2, 0.25) is 5.91 Å². The number of morpholine rings is 1. The lowest BCUT2D eigenvalue weighted by molar-refractivity contribution is -0.384. The zero-order valence-electron chi connectivity index (χ0n) is 11.3. The van der Waals surface area contributed by atoms with Crippen LogP contribution in [0.4, 0.5) is 11.4 Å². The Hall–Kier alpha value is -1.99. The van der Waals surface area contributed by atoms with Crippen LogP contribution in [-0.2, 0) is 9.53 Å². The number of non-ortho nitro benzene ring substituents is 1. The highest BCUT2D eigenvalue weighted by atomic mass is 16.6. The van der Waals surface area contributed by atoms with Crippen LogP contribution in [0.15, 0.2) is 18.2 Å². The molecule has 0 aliphatic carbocycles. The van der Waals surface area contributed by atoms with Crippen LogP contribution in [0.25, 0.3) is 0 Å². The van der Waals surface area contributed by atoms with Crippen molar-refractivity contribution < 1.29 is 14.5 Å². The molecule has 0 saturated carbocycles. The van der Waals surface area contributed by atoms with Crippen molar-refractivity contribution in [1.82, 2.24) is 4.90 Å². The Morgan fingerprint density at radius 1 is 1.45 bits per heavy atom. The zero-order chi connectivity index (χ0) is 14.5. The number of rotatable bonds is 4. The summed E-state index contributed by atoms with van der Waals surface area (Å²) in [5.74, 6) is -0.121. The monoisotopic (exact) mass is 279 g/mol. The van der Waals surface area contributed by atoms with Gasteiger partial charge < -0.3 is 10.1 Å². The summed E-state index contributed by atoms with van der Waals surface area (Å²) < 4.78 is 5.22. The van der Waals surface area contributed by atoms with Crippen LogP contribution >= 0.6 is 0 Å². The largest absolute Gasteiger partial charge is 0.379 e. The predicted molar refractivity (Wildman–Crippen MR) is 73.7 cm³/mol. The average molecular weight is 279 g/mol. The lowest BCUT2D eigenvalue weighted by atomic mass is 10.2. The van der Waals surface area contributed by atoms with E-state index in [-0.39, 0.29) is 11.6 Å². The van der Waals surface area contributed by atoms with Crippen molar-refractivity contribution in [2.75, 3.05) is 38.2 Å². The summed E-state index contributed by atoms with van der Waals surface area (Å²) in [5, 5.41) is 13.4. The molecule has 1 N–H and O–H groups in total. The van der Waals surface area contributed by atoms with Crippen molar-refractivity contribution >= 4 is 17.3 Å². The molecular formula is C13H17N3O4. The van der Waals surface area contributed by atoms with Crippen molar-refractivity contribution in [2.45, 2.75) is 6.92 Å². The molecule has 108 valence electrons. The molecule has 1 fully saturated rings. The fourth-order valence-corrected chi connectivity index (χ4v) is 2.05. The summed E-state index contributed by atoms with van der Waals surface area (Å²) >= 11 is 0. The molecule has 1 aromatic carbocycles. The summed E-state index contributed by atoms with van der Waals surface area (Å²) in [4.78, 5) is 24.1. The maximum absolute atomic E-state index is 11.9. The number of aryl methyl sites for hydroxylation is 1. The molecular weight excluding hydrogens is 262 g/mol. The topological polar surface area (TPSA) is 84.7 Å². The fourth-order valence-electron chi connectivity index (χ4n) is 2.05. The van der Waals surface area contributed by atoms with E-state index in [0.717, 1.165) is 13.1 Å². The first-order chi connectivity index (χ1) is 9.56. The highest BCUT2D eigenvalue weighted by Crippen LogP contribution is 2.21. The summed E-state index contributed by atoms with van der Waals surface area (Å²) in [6.45, 7) is 4.81. The van der Waals surface area contributed by atoms with Gasteiger partial charge in [-0.3, -0.25) is 19.8 Å². The molecule has 0 spiro atoms. The predicted octanol–water partition coefficient (Wildman–Crippen LogP) is 1.17. The molecule has 7 heteroatoms. The van der Waals surface area contributed by atoms with Gasteiger partial charge >= 0.3 is 0 Å². The summed E-state index contributed by atoms with van der Waals surface area (Å²) in [7, 11) is 0. The second kappa shape index (κ2) is 6.44. The highest BCUT2D eigenvalue weighted by Gasteiger charge is 2.15. The highest BCUT2D eigenvalue weighted by molar-refractivity contribution is 5.93. The third-order valence-electron chi connectivity index (χ3n) is 3.17. The van der Waals surface area contributed by atoms with Gasteiger partial charge in [-0.1, -0.05) is 0 Å². The summed E-state index contributed by atoms with van der Waals surface area (Å²) in [5.41, 5.74) is 1.30. The molecule has 1 saturated heterocycles. The van der Waals surface area contributed by atoms with Crippen LogP contribution in [-0.4, -0.2) is 48.6 Å². The Morgan fingerprint density at radius 3 is 2.75 bits per heavy atom. The third-order valence-corrected chi connectivity index (χ3v) is 3.17. The number of carbonyl (C=O) groups is 1. The molecule has 0 aromatic heterocycles. The van der Waals surface area contributed by atoms with Crippen LogP contribution in [0, 0.1) is 17.0 Å². The minimum atomic E-state index is -0.452. The smallest absolute Gasteiger partial charge is 0.269 e. The Kier molecular flexibility index (Phi) is 4.65. The maximum Gasteiger partial charge on any atom is 0.269 e. The first kappa shape index (κ1) is 14.4. The Balaban J connectivity index is 1.95. The SMILES string of the molecule is Cc1cc([N+](=O)[O-])ccc1NC(=O)CN1CCOCC1. The number of hydrogen-bond acceptors (Lipinski definition) is 5. The Morgan fingerprint density at radius 2 is 2.15 bits per heavy atom. The second-order valence-electron chi connectivity index (χ2n) is 4.69. The summed E-state index contributed by atoms with van der Waals surface area (Å²) in [6, 6.07) is 4.40. The van der Waals surface area contributed by atoms with Crippen LogP contribution < -0.4 is 5.32 Å². The molecule has 1 heterocycles. The lowest BCUT2D eigenvalue weighted by Gasteiger charge is -2.25. The van der Waals surface area contributed by atoms with Crippen molar-refractivity contribution in [3.63, 3.8) is 0 Å². The molecule has 1 aliphatic rings. The van der Waals surface area contributed by atoms with Gasteiger partial charge in [-0.15, -0.1) is 0 Å². The lowest BCUT2D eigenvalue weighted by Crippen LogP contribution is -2.41. The normalized spacial score (nSPS) is 15.8. The van der Waals surface area contributed by atoms with E-state index in [1.807, 2.05) is 4.90 Å². The number of nitrogens with zero attached hydrogens (tertiary/aromatic N) is 2. The Bertz CT molecular complexity index is 512. The van der Waals surface area contributed by atoms with E-state index in [1.165, 1.54) is 12.1 Å². The van der Waals surface area contributed by atoms with Gasteiger partial charge in [0.1, 0.15) is 0 Å². The van der Waals surface area contributed by atoms with Gasteiger partial charge in [0.25, 0.3) is 5.69 Å². The molecule has 7 nitrogen and oxygen atoms in total. The number of ether oxygens (including phenoxy) is 1. The van der Waals surface area contributed by atoms with E-state index in [4.69, 9.17) is 4.74 Å². The minimum Gasteiger partial charge on any atom is -0.379 e. The van der Waals surface area contributed by atoms with Crippen LogP contribution in [0.5, 0.6) is 0 Å². The standard InChI is InChI=1S/C13H17N3O4/c1-10-8-11(16(18)19)2-3-12(10)14-13(17)9-15-4-6-20-7-5-15/h2-3,8H,4-7,9H2,1H3,(H,14,17). The molecule has 0 radical (unpaired) electrons. The number of carbonyl (C=O) groups excluding carboxylic acids is 1. The number of nitro benzene ring substituents is 1. The number of amides is 1. The number of anilines is 1. The van der Waals surface area contributed by atoms with Gasteiger partial charge in [-0.2, -0.15) is 0 Å². The van der Waals surface area contributed by atoms with Gasteiger partial charge in [-0.25, -0.2) is 0 Å². The molecule has 1 amide bonds. The van der Waals surface area contributed by atoms with E-state index < -0.39 is 4.92 Å². The number of nitro groups is 1. The van der Waals surface area contributed by atoms with E-state index in [9.17, 15) is 14.9 Å². The van der Waals surface area contributed by atoms with E-state index >= 15 is 0 Å². The van der Waals surface area contributed by atoms with Crippen molar-refractivity contribution in [3.05, 3.63) is 33.9 Å². The maximum atomic E-state index is 11.9. The first-order valence-electron chi connectivity index (χ1n) is 6.41. The van der Waals surface area contributed by atoms with Crippen LogP contribution in [0.3, 0.4) is 0 Å². The molecule has 2 rings (SSSR count). The van der Waals surface area contributed by atoms with Gasteiger partial charge in [0, 0.05) is 30.9 Å². The van der Waals surface area contributed by atoms with Gasteiger partial charge in [-0.05, 0) is 18.6 Å². The molecule has 1 aliphatic heterocycles. The molecule has 20 heavy (non-hydrogen) atoms. The van der Waals surface area contributed by atoms with E-state index in [0.29, 0.717) is 31.0 Å². The third kappa shape index (κ3) is 3.75. The average Bonchev–Trinajstić information content (AvgIpc) is 2.42. The van der Waals surface area contributed by atoms with Crippen molar-refractivity contribution in [3.8, 4) is 0 Å². The molecule has 1 aromatic rings. The van der Waals surface area contributed by atoms with Crippen molar-refractivity contribution in [1.29, 1.82) is 0 Å². The van der Waals surface area contributed by atoms with Crippen LogP contribution in [0.2, 0.25) is 0 Å². The number of benzene rings is 1. The van der Waals surface area contributed by atoms with Crippen LogP contribution in [0.1, 0.15) is 5.56 Å². The molecule has 0 unspecified atom stereocenters. The Labute approximate surface area is 116 Å². The summed E-state index contributed by atoms with van der Waals surface area (Å²) in [6.07, 6.45) is 0. The number of hydrogen-bond donors (Lipinski definition) is 1. The first-order valence-corrected chi connectivity index (χ1v) is 6.41. The van der Waals surface area contributed by atoms with E-state index in [2.05, 4.69) is 5.32 Å². The fraction of sp³-hybridized carbons (Fsp3) is 0.462. The molecule has 0 bridgehead atoms.